The quantitative estimate of drug-likeness (QED) is 0.472. The minimum atomic E-state index is -0.758. The average molecular weight is 190 g/mol. The summed E-state index contributed by atoms with van der Waals surface area (Å²) < 4.78 is 11.1. The third kappa shape index (κ3) is 6.78. The van der Waals surface area contributed by atoms with E-state index in [1.54, 1.807) is 0 Å². The van der Waals surface area contributed by atoms with E-state index in [2.05, 4.69) is 6.58 Å². The number of rotatable bonds is 6. The summed E-state index contributed by atoms with van der Waals surface area (Å²) in [5.41, 5.74) is 0. The van der Waals surface area contributed by atoms with Crippen LogP contribution in [0.1, 0.15) is 27.7 Å². The van der Waals surface area contributed by atoms with Crippen molar-refractivity contribution in [3.05, 3.63) is 12.7 Å². The molecule has 0 saturated heterocycles. The molecule has 0 unspecified atom stereocenters. The van der Waals surface area contributed by atoms with Gasteiger partial charge in [0.15, 0.2) is 8.38 Å². The summed E-state index contributed by atoms with van der Waals surface area (Å²) in [6.45, 7) is 11.7. The Kier molecular flexibility index (Phi) is 6.64. The van der Waals surface area contributed by atoms with Gasteiger partial charge in [-0.15, -0.1) is 6.58 Å². The molecule has 0 aliphatic heterocycles. The van der Waals surface area contributed by atoms with Crippen molar-refractivity contribution < 1.29 is 9.05 Å². The van der Waals surface area contributed by atoms with E-state index in [9.17, 15) is 0 Å². The molecule has 0 heterocycles. The summed E-state index contributed by atoms with van der Waals surface area (Å²) in [4.78, 5) is 0. The van der Waals surface area contributed by atoms with Crippen LogP contribution in [0.4, 0.5) is 0 Å². The van der Waals surface area contributed by atoms with Crippen LogP contribution in [0.2, 0.25) is 0 Å². The summed E-state index contributed by atoms with van der Waals surface area (Å²) in [6, 6.07) is 0. The minimum absolute atomic E-state index is 0.231. The van der Waals surface area contributed by atoms with Gasteiger partial charge < -0.3 is 9.05 Å². The maximum atomic E-state index is 5.57. The van der Waals surface area contributed by atoms with Crippen LogP contribution in [0, 0.1) is 0 Å². The lowest BCUT2D eigenvalue weighted by Gasteiger charge is -2.20. The Labute approximate surface area is 76.9 Å². The molecular weight excluding hydrogens is 171 g/mol. The van der Waals surface area contributed by atoms with Crippen molar-refractivity contribution in [1.82, 2.24) is 0 Å². The Morgan fingerprint density at radius 1 is 1.17 bits per heavy atom. The van der Waals surface area contributed by atoms with Gasteiger partial charge in [0.25, 0.3) is 0 Å². The van der Waals surface area contributed by atoms with Crippen LogP contribution in [-0.4, -0.2) is 18.4 Å². The first-order chi connectivity index (χ1) is 5.56. The van der Waals surface area contributed by atoms with E-state index in [-0.39, 0.29) is 12.2 Å². The minimum Gasteiger partial charge on any atom is -0.331 e. The Hall–Kier alpha value is 0.0900. The lowest BCUT2D eigenvalue weighted by atomic mass is 10.5. The summed E-state index contributed by atoms with van der Waals surface area (Å²) >= 11 is 0. The summed E-state index contributed by atoms with van der Waals surface area (Å²) in [5, 5.41) is 0. The highest BCUT2D eigenvalue weighted by molar-refractivity contribution is 7.47. The molecule has 0 aromatic rings. The fraction of sp³-hybridized carbons (Fsp3) is 0.778. The van der Waals surface area contributed by atoms with Gasteiger partial charge in [-0.25, -0.2) is 0 Å². The van der Waals surface area contributed by atoms with E-state index in [0.29, 0.717) is 0 Å². The molecule has 0 atom stereocenters. The van der Waals surface area contributed by atoms with Gasteiger partial charge in [-0.05, 0) is 27.7 Å². The van der Waals surface area contributed by atoms with E-state index in [4.69, 9.17) is 9.05 Å². The maximum absolute atomic E-state index is 5.57. The number of hydrogen-bond acceptors (Lipinski definition) is 2. The average Bonchev–Trinajstić information content (AvgIpc) is 1.84. The first kappa shape index (κ1) is 12.1. The molecule has 0 bridgehead atoms. The molecule has 72 valence electrons. The molecule has 0 rings (SSSR count). The molecule has 12 heavy (non-hydrogen) atoms. The van der Waals surface area contributed by atoms with Crippen LogP contribution in [-0.2, 0) is 9.05 Å². The summed E-state index contributed by atoms with van der Waals surface area (Å²) in [6.07, 6.45) is 3.12. The zero-order valence-corrected chi connectivity index (χ0v) is 9.30. The zero-order chi connectivity index (χ0) is 9.56. The van der Waals surface area contributed by atoms with Crippen LogP contribution in [0.25, 0.3) is 0 Å². The second-order valence-corrected chi connectivity index (χ2v) is 4.56. The van der Waals surface area contributed by atoms with E-state index in [1.165, 1.54) is 0 Å². The molecule has 0 aliphatic rings. The fourth-order valence-electron chi connectivity index (χ4n) is 0.687. The topological polar surface area (TPSA) is 18.5 Å². The molecule has 0 aromatic heterocycles. The summed E-state index contributed by atoms with van der Waals surface area (Å²) in [5.74, 6) is 0. The Bertz CT molecular complexity index is 114. The highest BCUT2D eigenvalue weighted by Gasteiger charge is 2.11. The van der Waals surface area contributed by atoms with E-state index in [0.717, 1.165) is 6.16 Å². The predicted octanol–water partition coefficient (Wildman–Crippen LogP) is 3.33. The highest BCUT2D eigenvalue weighted by Crippen LogP contribution is 2.40. The first-order valence-corrected chi connectivity index (χ1v) is 5.64. The van der Waals surface area contributed by atoms with Gasteiger partial charge >= 0.3 is 0 Å². The zero-order valence-electron chi connectivity index (χ0n) is 8.41. The Morgan fingerprint density at radius 3 is 1.83 bits per heavy atom. The van der Waals surface area contributed by atoms with Crippen LogP contribution >= 0.6 is 8.38 Å². The molecule has 0 amide bonds. The van der Waals surface area contributed by atoms with Crippen molar-refractivity contribution in [1.29, 1.82) is 0 Å². The van der Waals surface area contributed by atoms with Gasteiger partial charge in [0, 0.05) is 6.16 Å². The molecule has 0 fully saturated rings. The molecule has 0 N–H and O–H groups in total. The second-order valence-electron chi connectivity index (χ2n) is 3.11. The Morgan fingerprint density at radius 2 is 1.58 bits per heavy atom. The number of allylic oxidation sites excluding steroid dienone is 1. The van der Waals surface area contributed by atoms with Gasteiger partial charge in [0.1, 0.15) is 0 Å². The van der Waals surface area contributed by atoms with Gasteiger partial charge in [0.05, 0.1) is 12.2 Å². The van der Waals surface area contributed by atoms with Crippen LogP contribution < -0.4 is 0 Å². The van der Waals surface area contributed by atoms with Crippen LogP contribution in [0.5, 0.6) is 0 Å². The summed E-state index contributed by atoms with van der Waals surface area (Å²) in [7, 11) is -0.758. The van der Waals surface area contributed by atoms with Crippen molar-refractivity contribution in [2.75, 3.05) is 6.16 Å². The third-order valence-corrected chi connectivity index (χ3v) is 2.80. The molecule has 0 radical (unpaired) electrons. The van der Waals surface area contributed by atoms with E-state index < -0.39 is 8.38 Å². The number of hydrogen-bond donors (Lipinski definition) is 0. The van der Waals surface area contributed by atoms with Crippen molar-refractivity contribution in [3.63, 3.8) is 0 Å². The van der Waals surface area contributed by atoms with Crippen molar-refractivity contribution >= 4 is 8.38 Å². The molecule has 2 nitrogen and oxygen atoms in total. The maximum Gasteiger partial charge on any atom is 0.175 e. The lowest BCUT2D eigenvalue weighted by Crippen LogP contribution is -2.05. The largest absolute Gasteiger partial charge is 0.331 e. The van der Waals surface area contributed by atoms with Gasteiger partial charge in [-0.2, -0.15) is 0 Å². The van der Waals surface area contributed by atoms with Crippen molar-refractivity contribution in [3.8, 4) is 0 Å². The SMILES string of the molecule is C=CCP(OC(C)C)OC(C)C. The monoisotopic (exact) mass is 190 g/mol. The molecular formula is C9H19O2P. The normalized spacial score (nSPS) is 11.6. The van der Waals surface area contributed by atoms with E-state index in [1.807, 2.05) is 33.8 Å². The smallest absolute Gasteiger partial charge is 0.175 e. The third-order valence-electron chi connectivity index (χ3n) is 0.935. The van der Waals surface area contributed by atoms with Gasteiger partial charge in [-0.1, -0.05) is 6.08 Å². The predicted molar refractivity (Wildman–Crippen MR) is 54.4 cm³/mol. The lowest BCUT2D eigenvalue weighted by molar-refractivity contribution is 0.179. The molecule has 0 aliphatic carbocycles. The van der Waals surface area contributed by atoms with E-state index >= 15 is 0 Å². The fourth-order valence-corrected chi connectivity index (χ4v) is 2.06. The van der Waals surface area contributed by atoms with Crippen LogP contribution in [0.3, 0.4) is 0 Å². The molecule has 0 saturated carbocycles. The second kappa shape index (κ2) is 6.59. The highest BCUT2D eigenvalue weighted by atomic mass is 31.2. The molecule has 0 spiro atoms. The van der Waals surface area contributed by atoms with Gasteiger partial charge in [0.2, 0.25) is 0 Å². The van der Waals surface area contributed by atoms with Crippen LogP contribution in [0.15, 0.2) is 12.7 Å². The molecule has 3 heteroatoms. The Balaban J connectivity index is 3.77. The standard InChI is InChI=1S/C9H19O2P/c1-6-7-12(10-8(2)3)11-9(4)5/h6,8-9H,1,7H2,2-5H3. The first-order valence-electron chi connectivity index (χ1n) is 4.28. The van der Waals surface area contributed by atoms with Crippen molar-refractivity contribution in [2.45, 2.75) is 39.9 Å². The molecule has 0 aromatic carbocycles. The van der Waals surface area contributed by atoms with Crippen molar-refractivity contribution in [2.24, 2.45) is 0 Å². The van der Waals surface area contributed by atoms with Gasteiger partial charge in [-0.3, -0.25) is 0 Å².